The summed E-state index contributed by atoms with van der Waals surface area (Å²) in [4.78, 5) is 29.2. The molecule has 2 atom stereocenters. The maximum Gasteiger partial charge on any atom is 0.227 e. The third kappa shape index (κ3) is 4.24. The maximum absolute atomic E-state index is 13.9. The monoisotopic (exact) mass is 482 g/mol. The normalized spacial score (nSPS) is 19.1. The minimum atomic E-state index is -0.529. The number of para-hydroxylation sites is 2. The van der Waals surface area contributed by atoms with Crippen LogP contribution in [0.5, 0.6) is 11.5 Å². The van der Waals surface area contributed by atoms with Crippen LogP contribution in [-0.4, -0.2) is 25.9 Å². The molecule has 1 N–H and O–H groups in total. The van der Waals surface area contributed by atoms with Crippen molar-refractivity contribution in [3.8, 4) is 11.5 Å². The van der Waals surface area contributed by atoms with Gasteiger partial charge in [0, 0.05) is 24.1 Å². The van der Waals surface area contributed by atoms with Crippen molar-refractivity contribution in [2.24, 2.45) is 0 Å². The number of allylic oxidation sites excluding steroid dienone is 1. The fraction of sp³-hybridized carbons (Fsp3) is 0.267. The summed E-state index contributed by atoms with van der Waals surface area (Å²) >= 11 is 0. The van der Waals surface area contributed by atoms with E-state index in [2.05, 4.69) is 5.32 Å². The molecule has 0 saturated heterocycles. The molecule has 184 valence electrons. The van der Waals surface area contributed by atoms with Crippen molar-refractivity contribution < 1.29 is 19.1 Å². The number of fused-ring (bicyclic) bond motifs is 1. The number of Topliss-reactive ketones (excluding diaryl/α,β-unsaturated/α-hetero) is 1. The smallest absolute Gasteiger partial charge is 0.227 e. The summed E-state index contributed by atoms with van der Waals surface area (Å²) in [5.41, 5.74) is 5.09. The highest BCUT2D eigenvalue weighted by Crippen LogP contribution is 2.47. The van der Waals surface area contributed by atoms with Gasteiger partial charge in [-0.1, -0.05) is 43.3 Å². The predicted molar refractivity (Wildman–Crippen MR) is 141 cm³/mol. The zero-order valence-corrected chi connectivity index (χ0v) is 20.8. The quantitative estimate of drug-likeness (QED) is 0.482. The number of methoxy groups -OCH3 is 2. The molecule has 3 aromatic carbocycles. The highest BCUT2D eigenvalue weighted by molar-refractivity contribution is 6.06. The van der Waals surface area contributed by atoms with Gasteiger partial charge in [0.25, 0.3) is 0 Å². The van der Waals surface area contributed by atoms with Crippen LogP contribution >= 0.6 is 0 Å². The lowest BCUT2D eigenvalue weighted by Gasteiger charge is -2.35. The number of nitrogens with zero attached hydrogens (tertiary/aromatic N) is 1. The first kappa shape index (κ1) is 23.7. The number of benzene rings is 3. The van der Waals surface area contributed by atoms with E-state index >= 15 is 0 Å². The van der Waals surface area contributed by atoms with Crippen LogP contribution < -0.4 is 19.7 Å². The van der Waals surface area contributed by atoms with Crippen molar-refractivity contribution in [2.75, 3.05) is 24.4 Å². The number of hydrogen-bond donors (Lipinski definition) is 1. The molecule has 3 aromatic rings. The van der Waals surface area contributed by atoms with E-state index in [0.29, 0.717) is 24.8 Å². The van der Waals surface area contributed by atoms with Crippen LogP contribution in [0.4, 0.5) is 11.4 Å². The van der Waals surface area contributed by atoms with Gasteiger partial charge in [0.2, 0.25) is 5.91 Å². The molecule has 0 aromatic heterocycles. The van der Waals surface area contributed by atoms with Crippen LogP contribution in [0.15, 0.2) is 84.1 Å². The molecule has 0 spiro atoms. The van der Waals surface area contributed by atoms with Gasteiger partial charge in [0.15, 0.2) is 5.78 Å². The van der Waals surface area contributed by atoms with Gasteiger partial charge in [0.05, 0.1) is 31.6 Å². The second-order valence-electron chi connectivity index (χ2n) is 9.13. The van der Waals surface area contributed by atoms with Crippen molar-refractivity contribution >= 4 is 23.1 Å². The molecule has 1 heterocycles. The van der Waals surface area contributed by atoms with Gasteiger partial charge in [-0.3, -0.25) is 14.5 Å². The first-order valence-corrected chi connectivity index (χ1v) is 12.3. The third-order valence-corrected chi connectivity index (χ3v) is 7.08. The molecule has 1 aliphatic heterocycles. The van der Waals surface area contributed by atoms with Crippen LogP contribution in [0.25, 0.3) is 0 Å². The summed E-state index contributed by atoms with van der Waals surface area (Å²) in [6.07, 6.45) is 1.37. The number of anilines is 2. The molecule has 0 bridgehead atoms. The fourth-order valence-electron chi connectivity index (χ4n) is 5.25. The molecule has 0 radical (unpaired) electrons. The zero-order valence-electron chi connectivity index (χ0n) is 20.8. The van der Waals surface area contributed by atoms with Gasteiger partial charge in [-0.2, -0.15) is 0 Å². The molecular formula is C30H30N2O4. The van der Waals surface area contributed by atoms with Gasteiger partial charge in [-0.25, -0.2) is 0 Å². The lowest BCUT2D eigenvalue weighted by Crippen LogP contribution is -2.38. The molecule has 2 aliphatic rings. The van der Waals surface area contributed by atoms with E-state index in [1.54, 1.807) is 19.1 Å². The van der Waals surface area contributed by atoms with Gasteiger partial charge in [-0.05, 0) is 59.9 Å². The van der Waals surface area contributed by atoms with Gasteiger partial charge in [0.1, 0.15) is 11.5 Å². The van der Waals surface area contributed by atoms with E-state index in [0.717, 1.165) is 39.7 Å². The van der Waals surface area contributed by atoms with Gasteiger partial charge < -0.3 is 14.8 Å². The second-order valence-corrected chi connectivity index (χ2v) is 9.13. The highest BCUT2D eigenvalue weighted by atomic mass is 16.5. The summed E-state index contributed by atoms with van der Waals surface area (Å²) in [5, 5.41) is 3.56. The minimum absolute atomic E-state index is 0.0340. The SMILES string of the molecule is CCC(=O)N1c2ccccc2NC2=C(C(=O)CC(c3ccc(OC)cc3)C2)C1c1ccc(OC)cc1. The van der Waals surface area contributed by atoms with E-state index in [1.165, 1.54) is 0 Å². The van der Waals surface area contributed by atoms with Crippen LogP contribution in [0.3, 0.4) is 0 Å². The Balaban J connectivity index is 1.66. The zero-order chi connectivity index (χ0) is 25.2. The maximum atomic E-state index is 13.9. The van der Waals surface area contributed by atoms with Crippen LogP contribution in [-0.2, 0) is 9.59 Å². The number of rotatable bonds is 5. The van der Waals surface area contributed by atoms with Gasteiger partial charge in [-0.15, -0.1) is 0 Å². The molecular weight excluding hydrogens is 452 g/mol. The lowest BCUT2D eigenvalue weighted by atomic mass is 9.78. The summed E-state index contributed by atoms with van der Waals surface area (Å²) in [6.45, 7) is 1.85. The second kappa shape index (κ2) is 9.90. The van der Waals surface area contributed by atoms with Crippen molar-refractivity contribution in [3.63, 3.8) is 0 Å². The van der Waals surface area contributed by atoms with E-state index in [9.17, 15) is 9.59 Å². The number of nitrogens with one attached hydrogen (secondary N) is 1. The molecule has 0 fully saturated rings. The number of ether oxygens (including phenoxy) is 2. The van der Waals surface area contributed by atoms with E-state index < -0.39 is 6.04 Å². The number of carbonyl (C=O) groups is 2. The van der Waals surface area contributed by atoms with Crippen molar-refractivity contribution in [3.05, 3.63) is 95.2 Å². The molecule has 6 heteroatoms. The minimum Gasteiger partial charge on any atom is -0.497 e. The number of carbonyl (C=O) groups excluding carboxylic acids is 2. The van der Waals surface area contributed by atoms with Crippen LogP contribution in [0, 0.1) is 0 Å². The van der Waals surface area contributed by atoms with E-state index in [-0.39, 0.29) is 17.6 Å². The van der Waals surface area contributed by atoms with Crippen LogP contribution in [0.1, 0.15) is 49.3 Å². The Morgan fingerprint density at radius 3 is 2.11 bits per heavy atom. The highest BCUT2D eigenvalue weighted by Gasteiger charge is 2.41. The first-order chi connectivity index (χ1) is 17.5. The Hall–Kier alpha value is -4.06. The Bertz CT molecular complexity index is 1310. The van der Waals surface area contributed by atoms with Gasteiger partial charge >= 0.3 is 0 Å². The van der Waals surface area contributed by atoms with E-state index in [4.69, 9.17) is 9.47 Å². The lowest BCUT2D eigenvalue weighted by molar-refractivity contribution is -0.119. The Kier molecular flexibility index (Phi) is 6.51. The van der Waals surface area contributed by atoms with Crippen molar-refractivity contribution in [1.29, 1.82) is 0 Å². The summed E-state index contributed by atoms with van der Waals surface area (Å²) in [6, 6.07) is 22.8. The Labute approximate surface area is 211 Å². The molecule has 2 unspecified atom stereocenters. The number of ketones is 1. The molecule has 5 rings (SSSR count). The predicted octanol–water partition coefficient (Wildman–Crippen LogP) is 6.01. The van der Waals surface area contributed by atoms with E-state index in [1.807, 2.05) is 79.7 Å². The van der Waals surface area contributed by atoms with Crippen molar-refractivity contribution in [1.82, 2.24) is 0 Å². The summed E-state index contributed by atoms with van der Waals surface area (Å²) in [7, 11) is 3.27. The van der Waals surface area contributed by atoms with Crippen LogP contribution in [0.2, 0.25) is 0 Å². The number of hydrogen-bond acceptors (Lipinski definition) is 5. The summed E-state index contributed by atoms with van der Waals surface area (Å²) in [5.74, 6) is 1.56. The fourth-order valence-corrected chi connectivity index (χ4v) is 5.25. The van der Waals surface area contributed by atoms with Crippen molar-refractivity contribution in [2.45, 2.75) is 38.1 Å². The molecule has 1 aliphatic carbocycles. The largest absolute Gasteiger partial charge is 0.497 e. The molecule has 6 nitrogen and oxygen atoms in total. The Morgan fingerprint density at radius 1 is 0.889 bits per heavy atom. The average molecular weight is 483 g/mol. The average Bonchev–Trinajstić information content (AvgIpc) is 3.07. The standard InChI is InChI=1S/C30H30N2O4/c1-4-28(34)32-26-8-6-5-7-24(26)31-25-17-21(19-9-13-22(35-2)14-10-19)18-27(33)29(25)30(32)20-11-15-23(36-3)16-12-20/h5-16,21,30-31H,4,17-18H2,1-3H3. The summed E-state index contributed by atoms with van der Waals surface area (Å²) < 4.78 is 10.7. The molecule has 0 saturated carbocycles. The topological polar surface area (TPSA) is 67.9 Å². The third-order valence-electron chi connectivity index (χ3n) is 7.08. The first-order valence-electron chi connectivity index (χ1n) is 12.3. The Morgan fingerprint density at radius 2 is 1.50 bits per heavy atom. The molecule has 36 heavy (non-hydrogen) atoms. The number of amides is 1. The molecule has 1 amide bonds.